The second kappa shape index (κ2) is 7.80. The highest BCUT2D eigenvalue weighted by Gasteiger charge is 2.26. The Morgan fingerprint density at radius 2 is 1.76 bits per heavy atom. The third-order valence-electron chi connectivity index (χ3n) is 4.92. The Morgan fingerprint density at radius 3 is 2.48 bits per heavy atom. The van der Waals surface area contributed by atoms with E-state index in [9.17, 15) is 9.18 Å². The van der Waals surface area contributed by atoms with E-state index in [4.69, 9.17) is 0 Å². The molecule has 0 aliphatic heterocycles. The van der Waals surface area contributed by atoms with Gasteiger partial charge in [-0.3, -0.25) is 14.8 Å². The minimum atomic E-state index is -0.377. The van der Waals surface area contributed by atoms with E-state index >= 15 is 0 Å². The SMILES string of the molecule is Cc1cc(C(=O)N(C)[C@H](c2ccccc2)c2ccccn2)c2ccc(F)cc2n1. The van der Waals surface area contributed by atoms with E-state index in [-0.39, 0.29) is 17.8 Å². The molecule has 0 saturated heterocycles. The Labute approximate surface area is 168 Å². The van der Waals surface area contributed by atoms with Crippen LogP contribution >= 0.6 is 0 Å². The van der Waals surface area contributed by atoms with Crippen molar-refractivity contribution in [2.45, 2.75) is 13.0 Å². The van der Waals surface area contributed by atoms with Gasteiger partial charge < -0.3 is 4.90 Å². The first-order valence-corrected chi connectivity index (χ1v) is 9.34. The van der Waals surface area contributed by atoms with Gasteiger partial charge in [0, 0.05) is 30.4 Å². The zero-order valence-electron chi connectivity index (χ0n) is 16.2. The van der Waals surface area contributed by atoms with Crippen LogP contribution in [0.5, 0.6) is 0 Å². The molecule has 4 aromatic rings. The number of rotatable bonds is 4. The van der Waals surface area contributed by atoms with Crippen LogP contribution in [0.4, 0.5) is 4.39 Å². The predicted octanol–water partition coefficient (Wildman–Crippen LogP) is 4.94. The summed E-state index contributed by atoms with van der Waals surface area (Å²) in [5.74, 6) is -0.551. The van der Waals surface area contributed by atoms with Crippen molar-refractivity contribution in [1.29, 1.82) is 0 Å². The van der Waals surface area contributed by atoms with Crippen LogP contribution in [0.25, 0.3) is 10.9 Å². The lowest BCUT2D eigenvalue weighted by Gasteiger charge is -2.29. The summed E-state index contributed by atoms with van der Waals surface area (Å²) in [5, 5.41) is 0.627. The number of halogens is 1. The second-order valence-electron chi connectivity index (χ2n) is 6.96. The largest absolute Gasteiger partial charge is 0.329 e. The highest BCUT2D eigenvalue weighted by atomic mass is 19.1. The van der Waals surface area contributed by atoms with Gasteiger partial charge in [-0.15, -0.1) is 0 Å². The molecule has 144 valence electrons. The molecule has 0 radical (unpaired) electrons. The molecule has 4 rings (SSSR count). The molecule has 0 fully saturated rings. The number of carbonyl (C=O) groups is 1. The van der Waals surface area contributed by atoms with E-state index in [2.05, 4.69) is 9.97 Å². The molecular weight excluding hydrogens is 365 g/mol. The third kappa shape index (κ3) is 3.72. The molecule has 0 saturated carbocycles. The minimum Gasteiger partial charge on any atom is -0.329 e. The van der Waals surface area contributed by atoms with E-state index in [0.29, 0.717) is 22.2 Å². The number of carbonyl (C=O) groups excluding carboxylic acids is 1. The maximum atomic E-state index is 13.7. The first-order valence-electron chi connectivity index (χ1n) is 9.34. The van der Waals surface area contributed by atoms with Crippen LogP contribution in [-0.4, -0.2) is 27.8 Å². The Morgan fingerprint density at radius 1 is 1.00 bits per heavy atom. The molecule has 0 aliphatic carbocycles. The molecule has 0 spiro atoms. The van der Waals surface area contributed by atoms with Gasteiger partial charge in [-0.1, -0.05) is 36.4 Å². The van der Waals surface area contributed by atoms with Crippen LogP contribution in [-0.2, 0) is 0 Å². The summed E-state index contributed by atoms with van der Waals surface area (Å²) in [6.45, 7) is 1.80. The van der Waals surface area contributed by atoms with Gasteiger partial charge in [0.15, 0.2) is 0 Å². The molecule has 1 atom stereocenters. The molecule has 0 N–H and O–H groups in total. The molecule has 5 heteroatoms. The van der Waals surface area contributed by atoms with Gasteiger partial charge in [-0.05, 0) is 42.8 Å². The predicted molar refractivity (Wildman–Crippen MR) is 111 cm³/mol. The van der Waals surface area contributed by atoms with Gasteiger partial charge in [0.05, 0.1) is 22.8 Å². The maximum Gasteiger partial charge on any atom is 0.255 e. The number of fused-ring (bicyclic) bond motifs is 1. The van der Waals surface area contributed by atoms with E-state index in [1.54, 1.807) is 37.2 Å². The summed E-state index contributed by atoms with van der Waals surface area (Å²) in [6, 6.07) is 21.2. The van der Waals surface area contributed by atoms with Gasteiger partial charge in [0.25, 0.3) is 5.91 Å². The van der Waals surface area contributed by atoms with Gasteiger partial charge in [0.2, 0.25) is 0 Å². The zero-order chi connectivity index (χ0) is 20.4. The fraction of sp³-hybridized carbons (Fsp3) is 0.125. The molecule has 0 unspecified atom stereocenters. The molecule has 2 heterocycles. The molecule has 29 heavy (non-hydrogen) atoms. The summed E-state index contributed by atoms with van der Waals surface area (Å²) in [7, 11) is 1.76. The van der Waals surface area contributed by atoms with Gasteiger partial charge in [-0.25, -0.2) is 4.39 Å². The summed E-state index contributed by atoms with van der Waals surface area (Å²) < 4.78 is 13.7. The topological polar surface area (TPSA) is 46.1 Å². The number of nitrogens with zero attached hydrogens (tertiary/aromatic N) is 3. The number of amides is 1. The molecule has 4 nitrogen and oxygen atoms in total. The molecule has 2 aromatic carbocycles. The average molecular weight is 385 g/mol. The maximum absolute atomic E-state index is 13.7. The Hall–Kier alpha value is -3.60. The van der Waals surface area contributed by atoms with Gasteiger partial charge in [-0.2, -0.15) is 0 Å². The highest BCUT2D eigenvalue weighted by molar-refractivity contribution is 6.06. The number of pyridine rings is 2. The lowest BCUT2D eigenvalue weighted by molar-refractivity contribution is 0.0754. The first-order chi connectivity index (χ1) is 14.0. The summed E-state index contributed by atoms with van der Waals surface area (Å²) in [4.78, 5) is 24.1. The van der Waals surface area contributed by atoms with Crippen LogP contribution in [0.2, 0.25) is 0 Å². The smallest absolute Gasteiger partial charge is 0.255 e. The molecule has 0 aliphatic rings. The van der Waals surface area contributed by atoms with E-state index in [1.165, 1.54) is 12.1 Å². The van der Waals surface area contributed by atoms with Crippen molar-refractivity contribution in [3.05, 3.63) is 107 Å². The van der Waals surface area contributed by atoms with Crippen molar-refractivity contribution < 1.29 is 9.18 Å². The molecule has 1 amide bonds. The lowest BCUT2D eigenvalue weighted by atomic mass is 9.99. The highest BCUT2D eigenvalue weighted by Crippen LogP contribution is 2.29. The summed E-state index contributed by atoms with van der Waals surface area (Å²) in [5.41, 5.74) is 3.36. The standard InChI is InChI=1S/C24H20FN3O/c1-16-14-20(19-12-11-18(25)15-22(19)27-16)24(29)28(2)23(17-8-4-3-5-9-17)21-10-6-7-13-26-21/h3-15,23H,1-2H3/t23-/m1/s1. The fourth-order valence-electron chi connectivity index (χ4n) is 3.58. The first kappa shape index (κ1) is 18.7. The van der Waals surface area contributed by atoms with Crippen LogP contribution in [0.15, 0.2) is 79.0 Å². The Bertz CT molecular complexity index is 1120. The number of aryl methyl sites for hydroxylation is 1. The minimum absolute atomic E-state index is 0.174. The lowest BCUT2D eigenvalue weighted by Crippen LogP contribution is -2.32. The van der Waals surface area contributed by atoms with Crippen LogP contribution in [0.1, 0.15) is 33.4 Å². The summed E-state index contributed by atoms with van der Waals surface area (Å²) >= 11 is 0. The van der Waals surface area contributed by atoms with Crippen molar-refractivity contribution in [3.63, 3.8) is 0 Å². The molecule has 0 bridgehead atoms. The van der Waals surface area contributed by atoms with Crippen molar-refractivity contribution in [1.82, 2.24) is 14.9 Å². The number of hydrogen-bond acceptors (Lipinski definition) is 3. The van der Waals surface area contributed by atoms with E-state index in [1.807, 2.05) is 48.5 Å². The number of benzene rings is 2. The van der Waals surface area contributed by atoms with E-state index in [0.717, 1.165) is 11.3 Å². The fourth-order valence-corrected chi connectivity index (χ4v) is 3.58. The van der Waals surface area contributed by atoms with E-state index < -0.39 is 0 Å². The molecule has 2 aromatic heterocycles. The van der Waals surface area contributed by atoms with Crippen LogP contribution in [0, 0.1) is 12.7 Å². The number of aromatic nitrogens is 2. The Balaban J connectivity index is 1.82. The number of hydrogen-bond donors (Lipinski definition) is 0. The Kier molecular flexibility index (Phi) is 5.04. The van der Waals surface area contributed by atoms with Crippen molar-refractivity contribution in [2.75, 3.05) is 7.05 Å². The van der Waals surface area contributed by atoms with Crippen molar-refractivity contribution >= 4 is 16.8 Å². The normalized spacial score (nSPS) is 12.0. The van der Waals surface area contributed by atoms with Gasteiger partial charge >= 0.3 is 0 Å². The second-order valence-corrected chi connectivity index (χ2v) is 6.96. The molecular formula is C24H20FN3O. The quantitative estimate of drug-likeness (QED) is 0.500. The van der Waals surface area contributed by atoms with Crippen molar-refractivity contribution in [2.24, 2.45) is 0 Å². The third-order valence-corrected chi connectivity index (χ3v) is 4.92. The summed E-state index contributed by atoms with van der Waals surface area (Å²) in [6.07, 6.45) is 1.72. The van der Waals surface area contributed by atoms with Crippen LogP contribution in [0.3, 0.4) is 0 Å². The van der Waals surface area contributed by atoms with Crippen LogP contribution < -0.4 is 0 Å². The average Bonchev–Trinajstić information content (AvgIpc) is 2.74. The van der Waals surface area contributed by atoms with Crippen molar-refractivity contribution in [3.8, 4) is 0 Å². The zero-order valence-corrected chi connectivity index (χ0v) is 16.2. The monoisotopic (exact) mass is 385 g/mol. The van der Waals surface area contributed by atoms with Gasteiger partial charge in [0.1, 0.15) is 5.82 Å².